The second-order valence-electron chi connectivity index (χ2n) is 13.4. The van der Waals surface area contributed by atoms with Gasteiger partial charge in [0, 0.05) is 47.8 Å². The van der Waals surface area contributed by atoms with Gasteiger partial charge in [0.25, 0.3) is 0 Å². The number of rotatable bonds is 5. The lowest BCUT2D eigenvalue weighted by atomic mass is 9.98. The predicted octanol–water partition coefficient (Wildman–Crippen LogP) is 13.0. The number of hydrogen-bond donors (Lipinski definition) is 0. The molecule has 0 atom stereocenters. The molecule has 0 aliphatic heterocycles. The maximum Gasteiger partial charge on any atom is 0.227 e. The molecule has 0 fully saturated rings. The molecule has 11 rings (SSSR count). The van der Waals surface area contributed by atoms with Crippen molar-refractivity contribution in [2.75, 3.05) is 0 Å². The fourth-order valence-corrected chi connectivity index (χ4v) is 8.70. The summed E-state index contributed by atoms with van der Waals surface area (Å²) in [4.78, 5) is 20.5. The molecule has 54 heavy (non-hydrogen) atoms. The number of oxazole rings is 1. The van der Waals surface area contributed by atoms with Gasteiger partial charge in [0.05, 0.1) is 0 Å². The van der Waals surface area contributed by atoms with Crippen molar-refractivity contribution in [3.05, 3.63) is 170 Å². The summed E-state index contributed by atoms with van der Waals surface area (Å²) in [6, 6.07) is 58.8. The van der Waals surface area contributed by atoms with Crippen molar-refractivity contribution in [2.24, 2.45) is 0 Å². The largest absolute Gasteiger partial charge is 0.435 e. The topological polar surface area (TPSA) is 64.7 Å². The second kappa shape index (κ2) is 12.3. The van der Waals surface area contributed by atoms with Crippen LogP contribution in [0.5, 0.6) is 0 Å². The number of hydrogen-bond acceptors (Lipinski definition) is 6. The van der Waals surface area contributed by atoms with E-state index in [1.54, 1.807) is 0 Å². The molecule has 3 heterocycles. The molecule has 0 aliphatic rings. The lowest BCUT2D eigenvalue weighted by Gasteiger charge is -2.12. The van der Waals surface area contributed by atoms with Gasteiger partial charge >= 0.3 is 0 Å². The van der Waals surface area contributed by atoms with Crippen LogP contribution in [0.1, 0.15) is 0 Å². The Kier molecular flexibility index (Phi) is 6.97. The Hall–Kier alpha value is -7.02. The molecule has 11 aromatic rings. The van der Waals surface area contributed by atoms with Gasteiger partial charge in [-0.05, 0) is 69.8 Å². The van der Waals surface area contributed by atoms with Crippen LogP contribution in [-0.4, -0.2) is 19.9 Å². The van der Waals surface area contributed by atoms with Gasteiger partial charge in [0.15, 0.2) is 23.1 Å². The third-order valence-corrected chi connectivity index (χ3v) is 11.3. The van der Waals surface area contributed by atoms with E-state index in [-0.39, 0.29) is 0 Å². The molecular formula is C48H28N4OS. The fourth-order valence-electron chi connectivity index (χ4n) is 7.57. The summed E-state index contributed by atoms with van der Waals surface area (Å²) >= 11 is 1.83. The van der Waals surface area contributed by atoms with Crippen molar-refractivity contribution in [2.45, 2.75) is 0 Å². The summed E-state index contributed by atoms with van der Waals surface area (Å²) in [7, 11) is 0. The van der Waals surface area contributed by atoms with Crippen LogP contribution in [0.15, 0.2) is 174 Å². The molecule has 3 aromatic heterocycles. The summed E-state index contributed by atoms with van der Waals surface area (Å²) in [5.41, 5.74) is 7.38. The van der Waals surface area contributed by atoms with Crippen molar-refractivity contribution >= 4 is 64.2 Å². The molecule has 5 nitrogen and oxygen atoms in total. The van der Waals surface area contributed by atoms with Crippen molar-refractivity contribution in [3.63, 3.8) is 0 Å². The Labute approximate surface area is 313 Å². The Bertz CT molecular complexity index is 3240. The van der Waals surface area contributed by atoms with Gasteiger partial charge in [0.1, 0.15) is 5.52 Å². The Morgan fingerprint density at radius 1 is 0.389 bits per heavy atom. The van der Waals surface area contributed by atoms with Crippen LogP contribution < -0.4 is 0 Å². The summed E-state index contributed by atoms with van der Waals surface area (Å²) in [5, 5.41) is 6.75. The molecule has 0 N–H and O–H groups in total. The Morgan fingerprint density at radius 3 is 1.94 bits per heavy atom. The highest BCUT2D eigenvalue weighted by atomic mass is 32.1. The third kappa shape index (κ3) is 5.07. The van der Waals surface area contributed by atoms with E-state index in [0.717, 1.165) is 54.9 Å². The fraction of sp³-hybridized carbons (Fsp3) is 0. The molecule has 0 unspecified atom stereocenters. The van der Waals surface area contributed by atoms with Crippen LogP contribution in [0.25, 0.3) is 110 Å². The molecule has 0 saturated heterocycles. The van der Waals surface area contributed by atoms with Gasteiger partial charge in [-0.15, -0.1) is 11.3 Å². The highest BCUT2D eigenvalue weighted by Crippen LogP contribution is 2.41. The molecule has 0 amide bonds. The molecule has 252 valence electrons. The summed E-state index contributed by atoms with van der Waals surface area (Å²) in [5.74, 6) is 2.34. The van der Waals surface area contributed by atoms with E-state index >= 15 is 0 Å². The predicted molar refractivity (Wildman–Crippen MR) is 222 cm³/mol. The van der Waals surface area contributed by atoms with Crippen LogP contribution in [0.2, 0.25) is 0 Å². The van der Waals surface area contributed by atoms with Crippen LogP contribution in [0, 0.1) is 0 Å². The van der Waals surface area contributed by atoms with E-state index in [1.165, 1.54) is 25.7 Å². The van der Waals surface area contributed by atoms with Crippen molar-refractivity contribution in [3.8, 4) is 56.7 Å². The highest BCUT2D eigenvalue weighted by Gasteiger charge is 2.20. The first-order valence-corrected chi connectivity index (χ1v) is 18.7. The maximum atomic E-state index is 6.55. The van der Waals surface area contributed by atoms with E-state index in [0.29, 0.717) is 28.9 Å². The summed E-state index contributed by atoms with van der Waals surface area (Å²) in [6.45, 7) is 0. The first-order valence-electron chi connectivity index (χ1n) is 17.9. The number of thiophene rings is 1. The highest BCUT2D eigenvalue weighted by molar-refractivity contribution is 7.25. The van der Waals surface area contributed by atoms with Gasteiger partial charge in [-0.2, -0.15) is 0 Å². The van der Waals surface area contributed by atoms with E-state index in [2.05, 4.69) is 127 Å². The average molecular weight is 709 g/mol. The minimum absolute atomic E-state index is 0.565. The molecule has 0 spiro atoms. The molecular weight excluding hydrogens is 681 g/mol. The summed E-state index contributed by atoms with van der Waals surface area (Å²) in [6.07, 6.45) is 0. The molecule has 8 aromatic carbocycles. The van der Waals surface area contributed by atoms with Crippen LogP contribution in [0.3, 0.4) is 0 Å². The minimum atomic E-state index is 0.565. The van der Waals surface area contributed by atoms with Crippen LogP contribution in [-0.2, 0) is 0 Å². The molecule has 6 heteroatoms. The van der Waals surface area contributed by atoms with Gasteiger partial charge in [-0.25, -0.2) is 19.9 Å². The first kappa shape index (κ1) is 30.6. The van der Waals surface area contributed by atoms with Crippen LogP contribution >= 0.6 is 11.3 Å². The quantitative estimate of drug-likeness (QED) is 0.178. The molecule has 0 radical (unpaired) electrons. The second-order valence-corrected chi connectivity index (χ2v) is 14.5. The van der Waals surface area contributed by atoms with E-state index < -0.39 is 0 Å². The normalized spacial score (nSPS) is 11.7. The maximum absolute atomic E-state index is 6.55. The molecule has 0 bridgehead atoms. The van der Waals surface area contributed by atoms with Crippen LogP contribution in [0.4, 0.5) is 0 Å². The minimum Gasteiger partial charge on any atom is -0.435 e. The number of nitrogens with zero attached hydrogens (tertiary/aromatic N) is 4. The monoisotopic (exact) mass is 708 g/mol. The number of benzene rings is 8. The number of fused-ring (bicyclic) bond motifs is 7. The average Bonchev–Trinajstić information content (AvgIpc) is 3.86. The van der Waals surface area contributed by atoms with Crippen molar-refractivity contribution < 1.29 is 4.42 Å². The zero-order valence-electron chi connectivity index (χ0n) is 28.8. The first-order chi connectivity index (χ1) is 26.7. The SMILES string of the molecule is c1ccc(-c2nc3ccc4cccc(-c5nc(-c6cccc(-c7cccc8sc9ccccc9c78)c6)nc(-c6ccc7ccccc7c6)n5)c4c3o2)cc1. The molecule has 0 aliphatic carbocycles. The Balaban J connectivity index is 1.13. The Morgan fingerprint density at radius 2 is 1.04 bits per heavy atom. The zero-order valence-corrected chi connectivity index (χ0v) is 29.6. The van der Waals surface area contributed by atoms with E-state index in [4.69, 9.17) is 24.4 Å². The lowest BCUT2D eigenvalue weighted by Crippen LogP contribution is -2.01. The molecule has 0 saturated carbocycles. The lowest BCUT2D eigenvalue weighted by molar-refractivity contribution is 0.623. The van der Waals surface area contributed by atoms with Gasteiger partial charge in [0.2, 0.25) is 5.89 Å². The van der Waals surface area contributed by atoms with E-state index in [9.17, 15) is 0 Å². The number of aromatic nitrogens is 4. The smallest absolute Gasteiger partial charge is 0.227 e. The van der Waals surface area contributed by atoms with E-state index in [1.807, 2.05) is 53.8 Å². The third-order valence-electron chi connectivity index (χ3n) is 10.1. The van der Waals surface area contributed by atoms with Gasteiger partial charge in [-0.1, -0.05) is 127 Å². The standard InChI is InChI=1S/C48H28N4OS/c1-2-12-31(13-3-1)48-49-39-26-25-30-15-9-20-38(42(30)44(39)53-48)47-51-45(50-46(52-47)35-24-23-29-11-4-5-14-32(29)27-35)34-17-8-16-33(28-34)36-19-10-22-41-43(36)37-18-6-7-21-40(37)54-41/h1-28H. The van der Waals surface area contributed by atoms with Gasteiger partial charge in [-0.3, -0.25) is 0 Å². The van der Waals surface area contributed by atoms with Gasteiger partial charge < -0.3 is 4.42 Å². The zero-order chi connectivity index (χ0) is 35.6. The summed E-state index contributed by atoms with van der Waals surface area (Å²) < 4.78 is 9.10. The van der Waals surface area contributed by atoms with Crippen molar-refractivity contribution in [1.29, 1.82) is 0 Å². The van der Waals surface area contributed by atoms with Crippen molar-refractivity contribution in [1.82, 2.24) is 19.9 Å².